The van der Waals surface area contributed by atoms with E-state index in [1.54, 1.807) is 11.3 Å². The molecule has 0 aromatic carbocycles. The SMILES string of the molecule is CCNC(=NCCN(C)CC)NCCc1csc(C)n1. The highest BCUT2D eigenvalue weighted by atomic mass is 32.1. The Morgan fingerprint density at radius 2 is 2.20 bits per heavy atom. The number of thiazole rings is 1. The number of rotatable bonds is 8. The van der Waals surface area contributed by atoms with Gasteiger partial charge in [0.05, 0.1) is 17.2 Å². The minimum atomic E-state index is 0.815. The second kappa shape index (κ2) is 9.72. The summed E-state index contributed by atoms with van der Waals surface area (Å²) in [5.74, 6) is 0.893. The predicted octanol–water partition coefficient (Wildman–Crippen LogP) is 1.50. The van der Waals surface area contributed by atoms with Crippen LogP contribution in [0.1, 0.15) is 24.5 Å². The number of hydrogen-bond donors (Lipinski definition) is 2. The van der Waals surface area contributed by atoms with Crippen LogP contribution in [0.15, 0.2) is 10.4 Å². The van der Waals surface area contributed by atoms with E-state index < -0.39 is 0 Å². The quantitative estimate of drug-likeness (QED) is 0.564. The molecule has 114 valence electrons. The van der Waals surface area contributed by atoms with Crippen molar-refractivity contribution in [3.8, 4) is 0 Å². The first-order valence-corrected chi connectivity index (χ1v) is 8.15. The van der Waals surface area contributed by atoms with Gasteiger partial charge in [0, 0.05) is 31.4 Å². The third kappa shape index (κ3) is 6.86. The largest absolute Gasteiger partial charge is 0.357 e. The highest BCUT2D eigenvalue weighted by Gasteiger charge is 2.00. The molecule has 2 N–H and O–H groups in total. The lowest BCUT2D eigenvalue weighted by Crippen LogP contribution is -2.39. The molecule has 0 radical (unpaired) electrons. The summed E-state index contributed by atoms with van der Waals surface area (Å²) in [4.78, 5) is 11.3. The Bertz CT molecular complexity index is 402. The van der Waals surface area contributed by atoms with Gasteiger partial charge in [-0.2, -0.15) is 0 Å². The Hall–Kier alpha value is -1.14. The number of nitrogens with one attached hydrogen (secondary N) is 2. The maximum Gasteiger partial charge on any atom is 0.191 e. The van der Waals surface area contributed by atoms with Crippen molar-refractivity contribution in [1.82, 2.24) is 20.5 Å². The molecule has 1 heterocycles. The van der Waals surface area contributed by atoms with Crippen LogP contribution in [-0.2, 0) is 6.42 Å². The summed E-state index contributed by atoms with van der Waals surface area (Å²) < 4.78 is 0. The fourth-order valence-corrected chi connectivity index (χ4v) is 2.31. The summed E-state index contributed by atoms with van der Waals surface area (Å²) in [5.41, 5.74) is 1.15. The molecular formula is C14H27N5S. The minimum Gasteiger partial charge on any atom is -0.357 e. The molecule has 1 aromatic heterocycles. The second-order valence-corrected chi connectivity index (χ2v) is 5.75. The molecule has 1 aromatic rings. The lowest BCUT2D eigenvalue weighted by molar-refractivity contribution is 0.363. The Balaban J connectivity index is 2.32. The van der Waals surface area contributed by atoms with Gasteiger partial charge in [0.2, 0.25) is 0 Å². The molecule has 1 rings (SSSR count). The van der Waals surface area contributed by atoms with Crippen molar-refractivity contribution in [3.63, 3.8) is 0 Å². The first-order chi connectivity index (χ1) is 9.65. The number of aliphatic imine (C=N–C) groups is 1. The van der Waals surface area contributed by atoms with Crippen molar-refractivity contribution >= 4 is 17.3 Å². The summed E-state index contributed by atoms with van der Waals surface area (Å²) >= 11 is 1.70. The van der Waals surface area contributed by atoms with E-state index in [0.29, 0.717) is 0 Å². The Morgan fingerprint density at radius 3 is 2.80 bits per heavy atom. The summed E-state index contributed by atoms with van der Waals surface area (Å²) in [6.07, 6.45) is 0.934. The molecule has 0 bridgehead atoms. The van der Waals surface area contributed by atoms with Crippen LogP contribution in [0, 0.1) is 6.92 Å². The van der Waals surface area contributed by atoms with Crippen molar-refractivity contribution in [1.29, 1.82) is 0 Å². The van der Waals surface area contributed by atoms with E-state index in [1.807, 2.05) is 6.92 Å². The van der Waals surface area contributed by atoms with E-state index >= 15 is 0 Å². The topological polar surface area (TPSA) is 52.6 Å². The van der Waals surface area contributed by atoms with E-state index in [-0.39, 0.29) is 0 Å². The zero-order chi connectivity index (χ0) is 14.8. The van der Waals surface area contributed by atoms with Crippen molar-refractivity contribution in [3.05, 3.63) is 16.1 Å². The molecule has 0 amide bonds. The highest BCUT2D eigenvalue weighted by molar-refractivity contribution is 7.09. The Kier molecular flexibility index (Phi) is 8.22. The van der Waals surface area contributed by atoms with E-state index in [1.165, 1.54) is 0 Å². The van der Waals surface area contributed by atoms with Crippen molar-refractivity contribution in [2.75, 3.05) is 39.8 Å². The molecule has 6 heteroatoms. The van der Waals surface area contributed by atoms with E-state index in [0.717, 1.165) is 55.8 Å². The van der Waals surface area contributed by atoms with Crippen molar-refractivity contribution in [2.24, 2.45) is 4.99 Å². The number of nitrogens with zero attached hydrogens (tertiary/aromatic N) is 3. The van der Waals surface area contributed by atoms with Crippen molar-refractivity contribution < 1.29 is 0 Å². The third-order valence-electron chi connectivity index (χ3n) is 2.98. The zero-order valence-corrected chi connectivity index (χ0v) is 13.9. The molecule has 0 saturated heterocycles. The summed E-state index contributed by atoms with van der Waals surface area (Å²) in [6.45, 7) is 10.9. The number of hydrogen-bond acceptors (Lipinski definition) is 4. The van der Waals surface area contributed by atoms with Crippen LogP contribution in [-0.4, -0.2) is 55.6 Å². The van der Waals surface area contributed by atoms with Crippen LogP contribution in [0.25, 0.3) is 0 Å². The van der Waals surface area contributed by atoms with Gasteiger partial charge in [0.15, 0.2) is 5.96 Å². The van der Waals surface area contributed by atoms with Gasteiger partial charge in [0.1, 0.15) is 0 Å². The van der Waals surface area contributed by atoms with Crippen LogP contribution in [0.4, 0.5) is 0 Å². The molecular weight excluding hydrogens is 270 g/mol. The van der Waals surface area contributed by atoms with Crippen LogP contribution < -0.4 is 10.6 Å². The van der Waals surface area contributed by atoms with Gasteiger partial charge in [-0.1, -0.05) is 6.92 Å². The van der Waals surface area contributed by atoms with Gasteiger partial charge in [-0.3, -0.25) is 4.99 Å². The molecule has 0 spiro atoms. The van der Waals surface area contributed by atoms with Crippen LogP contribution >= 0.6 is 11.3 Å². The summed E-state index contributed by atoms with van der Waals surface area (Å²) in [5, 5.41) is 9.87. The normalized spacial score (nSPS) is 11.9. The summed E-state index contributed by atoms with van der Waals surface area (Å²) in [7, 11) is 2.11. The first kappa shape index (κ1) is 16.9. The van der Waals surface area contributed by atoms with Crippen LogP contribution in [0.2, 0.25) is 0 Å². The first-order valence-electron chi connectivity index (χ1n) is 7.27. The van der Waals surface area contributed by atoms with Crippen LogP contribution in [0.5, 0.6) is 0 Å². The van der Waals surface area contributed by atoms with E-state index in [2.05, 4.69) is 51.8 Å². The third-order valence-corrected chi connectivity index (χ3v) is 3.80. The number of guanidine groups is 1. The van der Waals surface area contributed by atoms with E-state index in [9.17, 15) is 0 Å². The lowest BCUT2D eigenvalue weighted by Gasteiger charge is -2.14. The number of aryl methyl sites for hydroxylation is 1. The molecule has 0 atom stereocenters. The molecule has 0 unspecified atom stereocenters. The standard InChI is InChI=1S/C14H27N5S/c1-5-15-14(17-9-10-19(4)6-2)16-8-7-13-11-20-12(3)18-13/h11H,5-10H2,1-4H3,(H2,15,16,17). The molecule has 5 nitrogen and oxygen atoms in total. The number of aromatic nitrogens is 1. The maximum atomic E-state index is 4.57. The molecule has 0 aliphatic rings. The van der Waals surface area contributed by atoms with Gasteiger partial charge in [0.25, 0.3) is 0 Å². The van der Waals surface area contributed by atoms with Gasteiger partial charge in [-0.25, -0.2) is 4.98 Å². The van der Waals surface area contributed by atoms with Gasteiger partial charge in [-0.05, 0) is 27.4 Å². The van der Waals surface area contributed by atoms with Crippen LogP contribution in [0.3, 0.4) is 0 Å². The molecule has 20 heavy (non-hydrogen) atoms. The van der Waals surface area contributed by atoms with Gasteiger partial charge in [-0.15, -0.1) is 11.3 Å². The highest BCUT2D eigenvalue weighted by Crippen LogP contribution is 2.07. The summed E-state index contributed by atoms with van der Waals surface area (Å²) in [6, 6.07) is 0. The van der Waals surface area contributed by atoms with Gasteiger partial charge < -0.3 is 15.5 Å². The molecule has 0 aliphatic heterocycles. The smallest absolute Gasteiger partial charge is 0.191 e. The average molecular weight is 297 g/mol. The fraction of sp³-hybridized carbons (Fsp3) is 0.714. The second-order valence-electron chi connectivity index (χ2n) is 4.69. The Labute approximate surface area is 126 Å². The monoisotopic (exact) mass is 297 g/mol. The average Bonchev–Trinajstić information content (AvgIpc) is 2.84. The predicted molar refractivity (Wildman–Crippen MR) is 87.7 cm³/mol. The lowest BCUT2D eigenvalue weighted by atomic mass is 10.3. The van der Waals surface area contributed by atoms with E-state index in [4.69, 9.17) is 0 Å². The minimum absolute atomic E-state index is 0.815. The zero-order valence-electron chi connectivity index (χ0n) is 13.1. The maximum absolute atomic E-state index is 4.57. The number of likely N-dealkylation sites (N-methyl/N-ethyl adjacent to an activating group) is 1. The fourth-order valence-electron chi connectivity index (χ4n) is 1.66. The Morgan fingerprint density at radius 1 is 1.40 bits per heavy atom. The molecule has 0 fully saturated rings. The molecule has 0 aliphatic carbocycles. The molecule has 0 saturated carbocycles. The van der Waals surface area contributed by atoms with Gasteiger partial charge >= 0.3 is 0 Å². The van der Waals surface area contributed by atoms with Crippen molar-refractivity contribution in [2.45, 2.75) is 27.2 Å².